The number of rotatable bonds is 12. The molecule has 0 bridgehead atoms. The highest BCUT2D eigenvalue weighted by Crippen LogP contribution is 2.53. The van der Waals surface area contributed by atoms with Gasteiger partial charge < -0.3 is 14.2 Å². The number of aliphatic hydroxyl groups excluding tert-OH is 1. The number of hydrogen-bond acceptors (Lipinski definition) is 4. The molecule has 0 aliphatic rings. The fraction of sp³-hybridized carbons (Fsp3) is 1.00. The zero-order valence-corrected chi connectivity index (χ0v) is 13.0. The first kappa shape index (κ1) is 18.1. The second-order valence-electron chi connectivity index (χ2n) is 4.41. The van der Waals surface area contributed by atoms with Crippen molar-refractivity contribution in [3.05, 3.63) is 0 Å². The molecule has 0 aromatic carbocycles. The van der Waals surface area contributed by atoms with Gasteiger partial charge in [-0.05, 0) is 20.3 Å². The van der Waals surface area contributed by atoms with Gasteiger partial charge in [-0.3, -0.25) is 4.57 Å². The van der Waals surface area contributed by atoms with Crippen molar-refractivity contribution in [1.29, 1.82) is 0 Å². The lowest BCUT2D eigenvalue weighted by molar-refractivity contribution is 0.142. The third-order valence-electron chi connectivity index (χ3n) is 2.80. The molecule has 1 atom stereocenters. The van der Waals surface area contributed by atoms with Gasteiger partial charge in [0.15, 0.2) is 5.85 Å². The topological polar surface area (TPSA) is 55.8 Å². The highest BCUT2D eigenvalue weighted by molar-refractivity contribution is 7.54. The van der Waals surface area contributed by atoms with E-state index in [2.05, 4.69) is 6.92 Å². The molecule has 0 saturated carbocycles. The second-order valence-corrected chi connectivity index (χ2v) is 6.60. The van der Waals surface area contributed by atoms with Gasteiger partial charge >= 0.3 is 7.60 Å². The molecule has 0 heterocycles. The molecule has 0 radical (unpaired) electrons. The predicted octanol–water partition coefficient (Wildman–Crippen LogP) is 4.32. The van der Waals surface area contributed by atoms with E-state index < -0.39 is 13.4 Å². The molecule has 0 saturated heterocycles. The van der Waals surface area contributed by atoms with Crippen molar-refractivity contribution in [2.75, 3.05) is 13.2 Å². The zero-order valence-electron chi connectivity index (χ0n) is 12.1. The van der Waals surface area contributed by atoms with Gasteiger partial charge in [0.2, 0.25) is 0 Å². The van der Waals surface area contributed by atoms with Crippen LogP contribution < -0.4 is 0 Å². The Morgan fingerprint density at radius 3 is 1.94 bits per heavy atom. The molecule has 18 heavy (non-hydrogen) atoms. The van der Waals surface area contributed by atoms with Crippen LogP contribution in [0.15, 0.2) is 0 Å². The maximum Gasteiger partial charge on any atom is 0.358 e. The van der Waals surface area contributed by atoms with Gasteiger partial charge in [0.25, 0.3) is 0 Å². The molecule has 110 valence electrons. The average molecular weight is 280 g/mol. The van der Waals surface area contributed by atoms with Crippen LogP contribution >= 0.6 is 7.60 Å². The number of unbranched alkanes of at least 4 members (excludes halogenated alkanes) is 5. The largest absolute Gasteiger partial charge is 0.380 e. The standard InChI is InChI=1S/C13H29O4P/c1-4-7-8-9-10-11-12-13(14)18(15,16-5-2)17-6-3/h13-14H,4-12H2,1-3H3/t13-/m0/s1. The minimum absolute atomic E-state index is 0.296. The van der Waals surface area contributed by atoms with Crippen molar-refractivity contribution in [2.45, 2.75) is 71.6 Å². The van der Waals surface area contributed by atoms with Crippen LogP contribution in [0.5, 0.6) is 0 Å². The molecule has 0 amide bonds. The van der Waals surface area contributed by atoms with Crippen LogP contribution in [0.2, 0.25) is 0 Å². The van der Waals surface area contributed by atoms with Crippen LogP contribution in [-0.2, 0) is 13.6 Å². The normalized spacial score (nSPS) is 13.8. The maximum atomic E-state index is 12.2. The molecule has 0 aliphatic carbocycles. The molecule has 5 heteroatoms. The third-order valence-corrected chi connectivity index (χ3v) is 5.02. The number of hydrogen-bond donors (Lipinski definition) is 1. The number of aliphatic hydroxyl groups is 1. The summed E-state index contributed by atoms with van der Waals surface area (Å²) in [5.74, 6) is -0.983. The lowest BCUT2D eigenvalue weighted by atomic mass is 10.1. The summed E-state index contributed by atoms with van der Waals surface area (Å²) in [5, 5.41) is 9.92. The fourth-order valence-corrected chi connectivity index (χ4v) is 3.47. The SMILES string of the molecule is CCCCCCCC[C@@H](O)P(=O)(OCC)OCC. The van der Waals surface area contributed by atoms with E-state index in [9.17, 15) is 9.67 Å². The Kier molecular flexibility index (Phi) is 11.0. The van der Waals surface area contributed by atoms with Crippen LogP contribution in [-0.4, -0.2) is 24.2 Å². The minimum Gasteiger partial charge on any atom is -0.380 e. The average Bonchev–Trinajstić information content (AvgIpc) is 2.34. The van der Waals surface area contributed by atoms with Crippen LogP contribution in [0.25, 0.3) is 0 Å². The molecule has 0 aliphatic heterocycles. The smallest absolute Gasteiger partial charge is 0.358 e. The first-order chi connectivity index (χ1) is 8.60. The van der Waals surface area contributed by atoms with Crippen molar-refractivity contribution in [3.8, 4) is 0 Å². The molecule has 0 aromatic heterocycles. The maximum absolute atomic E-state index is 12.2. The fourth-order valence-electron chi connectivity index (χ4n) is 1.83. The monoisotopic (exact) mass is 280 g/mol. The Morgan fingerprint density at radius 2 is 1.44 bits per heavy atom. The van der Waals surface area contributed by atoms with E-state index in [1.165, 1.54) is 25.7 Å². The molecule has 0 rings (SSSR count). The Bertz CT molecular complexity index is 223. The Labute approximate surface area is 112 Å². The van der Waals surface area contributed by atoms with E-state index >= 15 is 0 Å². The van der Waals surface area contributed by atoms with Gasteiger partial charge in [0.1, 0.15) is 0 Å². The van der Waals surface area contributed by atoms with Crippen LogP contribution in [0, 0.1) is 0 Å². The first-order valence-corrected chi connectivity index (χ1v) is 8.78. The van der Waals surface area contributed by atoms with Crippen LogP contribution in [0.4, 0.5) is 0 Å². The Hall–Kier alpha value is 0.110. The predicted molar refractivity (Wildman–Crippen MR) is 74.9 cm³/mol. The summed E-state index contributed by atoms with van der Waals surface area (Å²) in [4.78, 5) is 0. The Morgan fingerprint density at radius 1 is 0.944 bits per heavy atom. The van der Waals surface area contributed by atoms with E-state index in [0.29, 0.717) is 19.6 Å². The molecular weight excluding hydrogens is 251 g/mol. The van der Waals surface area contributed by atoms with E-state index in [-0.39, 0.29) is 0 Å². The van der Waals surface area contributed by atoms with Crippen molar-refractivity contribution < 1.29 is 18.7 Å². The van der Waals surface area contributed by atoms with Gasteiger partial charge in [0, 0.05) is 0 Å². The van der Waals surface area contributed by atoms with Crippen LogP contribution in [0.3, 0.4) is 0 Å². The Balaban J connectivity index is 3.89. The van der Waals surface area contributed by atoms with Gasteiger partial charge in [-0.15, -0.1) is 0 Å². The summed E-state index contributed by atoms with van der Waals surface area (Å²) in [6.07, 6.45) is 7.33. The summed E-state index contributed by atoms with van der Waals surface area (Å²) in [6, 6.07) is 0. The van der Waals surface area contributed by atoms with Crippen LogP contribution in [0.1, 0.15) is 65.7 Å². The summed E-state index contributed by atoms with van der Waals surface area (Å²) in [7, 11) is -3.32. The molecule has 1 N–H and O–H groups in total. The zero-order chi connectivity index (χ0) is 13.9. The van der Waals surface area contributed by atoms with E-state index in [1.807, 2.05) is 0 Å². The van der Waals surface area contributed by atoms with Gasteiger partial charge in [-0.25, -0.2) is 0 Å². The molecule has 4 nitrogen and oxygen atoms in total. The van der Waals surface area contributed by atoms with Crippen molar-refractivity contribution in [1.82, 2.24) is 0 Å². The molecule has 0 fully saturated rings. The summed E-state index contributed by atoms with van der Waals surface area (Å²) >= 11 is 0. The first-order valence-electron chi connectivity index (χ1n) is 7.17. The summed E-state index contributed by atoms with van der Waals surface area (Å²) < 4.78 is 22.4. The highest BCUT2D eigenvalue weighted by atomic mass is 31.2. The molecular formula is C13H29O4P. The van der Waals surface area contributed by atoms with E-state index in [1.54, 1.807) is 13.8 Å². The molecule has 0 aromatic rings. The van der Waals surface area contributed by atoms with Crippen molar-refractivity contribution >= 4 is 7.60 Å². The van der Waals surface area contributed by atoms with E-state index in [4.69, 9.17) is 9.05 Å². The quantitative estimate of drug-likeness (QED) is 0.427. The minimum atomic E-state index is -3.32. The summed E-state index contributed by atoms with van der Waals surface area (Å²) in [6.45, 7) is 6.28. The highest BCUT2D eigenvalue weighted by Gasteiger charge is 2.33. The van der Waals surface area contributed by atoms with E-state index in [0.717, 1.165) is 12.8 Å². The summed E-state index contributed by atoms with van der Waals surface area (Å²) in [5.41, 5.74) is 0. The lowest BCUT2D eigenvalue weighted by Gasteiger charge is -2.22. The second kappa shape index (κ2) is 11.0. The third kappa shape index (κ3) is 7.52. The molecule has 0 spiro atoms. The van der Waals surface area contributed by atoms with Gasteiger partial charge in [0.05, 0.1) is 13.2 Å². The van der Waals surface area contributed by atoms with Crippen molar-refractivity contribution in [2.24, 2.45) is 0 Å². The van der Waals surface area contributed by atoms with Gasteiger partial charge in [-0.1, -0.05) is 45.4 Å². The lowest BCUT2D eigenvalue weighted by Crippen LogP contribution is -2.12. The van der Waals surface area contributed by atoms with Gasteiger partial charge in [-0.2, -0.15) is 0 Å². The molecule has 0 unspecified atom stereocenters. The van der Waals surface area contributed by atoms with Crippen molar-refractivity contribution in [3.63, 3.8) is 0 Å².